The number of carbonyl (C=O) groups excluding carboxylic acids is 1. The number of morpholine rings is 1. The smallest absolute Gasteiger partial charge is 0.360 e. The zero-order valence-corrected chi connectivity index (χ0v) is 13.2. The molecule has 1 aromatic rings. The van der Waals surface area contributed by atoms with Crippen molar-refractivity contribution >= 4 is 28.1 Å². The van der Waals surface area contributed by atoms with Gasteiger partial charge in [0.15, 0.2) is 10.7 Å². The van der Waals surface area contributed by atoms with Gasteiger partial charge in [-0.2, -0.15) is 0 Å². The first kappa shape index (κ1) is 15.8. The van der Waals surface area contributed by atoms with Crippen LogP contribution in [0.2, 0.25) is 0 Å². The van der Waals surface area contributed by atoms with Crippen LogP contribution in [0, 0.1) is 0 Å². The van der Waals surface area contributed by atoms with Crippen LogP contribution in [-0.4, -0.2) is 50.5 Å². The van der Waals surface area contributed by atoms with Gasteiger partial charge in [-0.05, 0) is 13.8 Å². The zero-order chi connectivity index (χ0) is 15.2. The largest absolute Gasteiger partial charge is 0.491 e. The Morgan fingerprint density at radius 3 is 2.62 bits per heavy atom. The Morgan fingerprint density at radius 2 is 2.00 bits per heavy atom. The van der Waals surface area contributed by atoms with Crippen molar-refractivity contribution in [3.63, 3.8) is 0 Å². The molecule has 0 bridgehead atoms. The Kier molecular flexibility index (Phi) is 5.58. The minimum atomic E-state index is -0.411. The Bertz CT molecular complexity index is 509. The molecule has 1 fully saturated rings. The monoisotopic (exact) mass is 312 g/mol. The van der Waals surface area contributed by atoms with Gasteiger partial charge in [-0.3, -0.25) is 0 Å². The van der Waals surface area contributed by atoms with E-state index in [9.17, 15) is 4.79 Å². The molecule has 7 heteroatoms. The maximum absolute atomic E-state index is 12.1. The quantitative estimate of drug-likeness (QED) is 0.592. The van der Waals surface area contributed by atoms with Crippen molar-refractivity contribution in [1.82, 2.24) is 4.98 Å². The van der Waals surface area contributed by atoms with E-state index in [1.165, 1.54) is 11.3 Å². The first-order valence-corrected chi connectivity index (χ1v) is 7.81. The van der Waals surface area contributed by atoms with Crippen molar-refractivity contribution < 1.29 is 19.0 Å². The number of aromatic nitrogens is 1. The lowest BCUT2D eigenvalue weighted by Gasteiger charge is -2.27. The van der Waals surface area contributed by atoms with Gasteiger partial charge in [0.25, 0.3) is 0 Å². The van der Waals surface area contributed by atoms with Gasteiger partial charge in [-0.15, -0.1) is 0 Å². The van der Waals surface area contributed by atoms with Crippen LogP contribution in [-0.2, 0) is 14.2 Å². The standard InChI is InChI=1S/C14H20N2O4S/c1-4-19-10(3)12-15-11(14(17)20-5-2)13(21-12)16-6-8-18-9-7-16/h3-9H2,1-2H3. The van der Waals surface area contributed by atoms with E-state index in [0.29, 0.717) is 42.9 Å². The highest BCUT2D eigenvalue weighted by molar-refractivity contribution is 7.17. The van der Waals surface area contributed by atoms with Crippen molar-refractivity contribution in [2.75, 3.05) is 44.4 Å². The lowest BCUT2D eigenvalue weighted by Crippen LogP contribution is -2.36. The highest BCUT2D eigenvalue weighted by atomic mass is 32.1. The molecule has 2 heterocycles. The number of ether oxygens (including phenoxy) is 3. The van der Waals surface area contributed by atoms with E-state index < -0.39 is 5.97 Å². The van der Waals surface area contributed by atoms with E-state index in [2.05, 4.69) is 16.5 Å². The van der Waals surface area contributed by atoms with Crippen molar-refractivity contribution in [1.29, 1.82) is 0 Å². The van der Waals surface area contributed by atoms with Crippen molar-refractivity contribution in [2.24, 2.45) is 0 Å². The third kappa shape index (κ3) is 3.74. The van der Waals surface area contributed by atoms with Crippen LogP contribution in [0.15, 0.2) is 6.58 Å². The number of thiazole rings is 1. The van der Waals surface area contributed by atoms with Crippen LogP contribution in [0.25, 0.3) is 5.76 Å². The fourth-order valence-corrected chi connectivity index (χ4v) is 3.01. The number of hydrogen-bond acceptors (Lipinski definition) is 7. The van der Waals surface area contributed by atoms with Crippen LogP contribution >= 0.6 is 11.3 Å². The molecule has 0 radical (unpaired) electrons. The van der Waals surface area contributed by atoms with Crippen LogP contribution in [0.3, 0.4) is 0 Å². The molecule has 0 amide bonds. The summed E-state index contributed by atoms with van der Waals surface area (Å²) in [7, 11) is 0. The second-order valence-corrected chi connectivity index (χ2v) is 5.33. The predicted molar refractivity (Wildman–Crippen MR) is 81.8 cm³/mol. The average Bonchev–Trinajstić information content (AvgIpc) is 2.94. The topological polar surface area (TPSA) is 60.9 Å². The van der Waals surface area contributed by atoms with E-state index in [1.54, 1.807) is 6.92 Å². The molecule has 0 N–H and O–H groups in total. The van der Waals surface area contributed by atoms with Gasteiger partial charge in [-0.25, -0.2) is 9.78 Å². The fourth-order valence-electron chi connectivity index (χ4n) is 1.98. The summed E-state index contributed by atoms with van der Waals surface area (Å²) in [5, 5.41) is 1.41. The number of nitrogens with zero attached hydrogens (tertiary/aromatic N) is 2. The van der Waals surface area contributed by atoms with Crippen molar-refractivity contribution in [3.05, 3.63) is 17.3 Å². The third-order valence-corrected chi connectivity index (χ3v) is 4.09. The van der Waals surface area contributed by atoms with Gasteiger partial charge in [0.2, 0.25) is 0 Å². The molecule has 116 valence electrons. The number of esters is 1. The summed E-state index contributed by atoms with van der Waals surface area (Å²) in [6.45, 7) is 11.1. The molecule has 6 nitrogen and oxygen atoms in total. The van der Waals surface area contributed by atoms with Gasteiger partial charge in [0.1, 0.15) is 10.8 Å². The summed E-state index contributed by atoms with van der Waals surface area (Å²) in [5.41, 5.74) is 0.333. The van der Waals surface area contributed by atoms with E-state index in [-0.39, 0.29) is 0 Å². The van der Waals surface area contributed by atoms with Gasteiger partial charge in [0, 0.05) is 13.1 Å². The minimum absolute atomic E-state index is 0.320. The fraction of sp³-hybridized carbons (Fsp3) is 0.571. The van der Waals surface area contributed by atoms with E-state index in [0.717, 1.165) is 18.1 Å². The Hall–Kier alpha value is -1.60. The molecule has 1 aromatic heterocycles. The molecule has 21 heavy (non-hydrogen) atoms. The number of carbonyl (C=O) groups is 1. The lowest BCUT2D eigenvalue weighted by atomic mass is 10.3. The Morgan fingerprint density at radius 1 is 1.33 bits per heavy atom. The van der Waals surface area contributed by atoms with E-state index >= 15 is 0 Å². The molecule has 0 aromatic carbocycles. The van der Waals surface area contributed by atoms with Crippen molar-refractivity contribution in [3.8, 4) is 0 Å². The van der Waals surface area contributed by atoms with E-state index in [1.807, 2.05) is 6.92 Å². The van der Waals surface area contributed by atoms with Crippen LogP contribution in [0.5, 0.6) is 0 Å². The molecule has 0 atom stereocenters. The highest BCUT2D eigenvalue weighted by Crippen LogP contribution is 2.33. The number of rotatable bonds is 6. The molecule has 1 aliphatic heterocycles. The number of anilines is 1. The summed E-state index contributed by atoms with van der Waals surface area (Å²) >= 11 is 1.40. The lowest BCUT2D eigenvalue weighted by molar-refractivity contribution is 0.0520. The maximum atomic E-state index is 12.1. The Balaban J connectivity index is 2.30. The highest BCUT2D eigenvalue weighted by Gasteiger charge is 2.26. The Labute approximate surface area is 128 Å². The first-order chi connectivity index (χ1) is 10.2. The van der Waals surface area contributed by atoms with Crippen LogP contribution in [0.4, 0.5) is 5.00 Å². The second kappa shape index (κ2) is 7.42. The molecule has 0 spiro atoms. The zero-order valence-electron chi connectivity index (χ0n) is 12.4. The van der Waals surface area contributed by atoms with Gasteiger partial charge in [0.05, 0.1) is 26.4 Å². The molecule has 2 rings (SSSR count). The predicted octanol–water partition coefficient (Wildman–Crippen LogP) is 2.16. The average molecular weight is 312 g/mol. The number of hydrogen-bond donors (Lipinski definition) is 0. The first-order valence-electron chi connectivity index (χ1n) is 7.00. The SMILES string of the molecule is C=C(OCC)c1nc(C(=O)OCC)c(N2CCOCC2)s1. The summed E-state index contributed by atoms with van der Waals surface area (Å²) in [6.07, 6.45) is 0. The summed E-state index contributed by atoms with van der Waals surface area (Å²) < 4.78 is 15.8. The molecule has 0 unspecified atom stereocenters. The summed E-state index contributed by atoms with van der Waals surface area (Å²) in [6, 6.07) is 0. The maximum Gasteiger partial charge on any atom is 0.360 e. The van der Waals surface area contributed by atoms with Crippen LogP contribution < -0.4 is 4.90 Å². The molecular formula is C14H20N2O4S. The summed E-state index contributed by atoms with van der Waals surface area (Å²) in [5.74, 6) is 0.0679. The van der Waals surface area contributed by atoms with Gasteiger partial charge < -0.3 is 19.1 Å². The normalized spacial score (nSPS) is 14.9. The summed E-state index contributed by atoms with van der Waals surface area (Å²) in [4.78, 5) is 18.5. The molecule has 0 saturated carbocycles. The molecular weight excluding hydrogens is 292 g/mol. The third-order valence-electron chi connectivity index (χ3n) is 2.93. The van der Waals surface area contributed by atoms with Gasteiger partial charge >= 0.3 is 5.97 Å². The molecule has 0 aliphatic carbocycles. The molecule has 1 saturated heterocycles. The van der Waals surface area contributed by atoms with Gasteiger partial charge in [-0.1, -0.05) is 17.9 Å². The van der Waals surface area contributed by atoms with E-state index in [4.69, 9.17) is 14.2 Å². The minimum Gasteiger partial charge on any atom is -0.491 e. The second-order valence-electron chi connectivity index (χ2n) is 4.35. The molecule has 1 aliphatic rings. The van der Waals surface area contributed by atoms with Crippen molar-refractivity contribution in [2.45, 2.75) is 13.8 Å². The van der Waals surface area contributed by atoms with Crippen LogP contribution in [0.1, 0.15) is 29.3 Å².